The first-order valence-corrected chi connectivity index (χ1v) is 6.17. The maximum absolute atomic E-state index is 13.2. The summed E-state index contributed by atoms with van der Waals surface area (Å²) in [4.78, 5) is 1.34. The molecule has 0 aromatic heterocycles. The lowest BCUT2D eigenvalue weighted by molar-refractivity contribution is -0.120. The molecule has 0 spiro atoms. The molecular weight excluding hydrogens is 260 g/mol. The maximum Gasteiger partial charge on any atom is 0.405 e. The fraction of sp³-hybridized carbons (Fsp3) is 0.538. The van der Waals surface area contributed by atoms with Gasteiger partial charge in [-0.25, -0.2) is 4.39 Å². The number of halogens is 4. The summed E-state index contributed by atoms with van der Waals surface area (Å²) in [6.07, 6.45) is -2.74. The SMILES string of the molecule is CNCc1cc(F)ccc1N(CC(F)(F)F)C1CC1. The highest BCUT2D eigenvalue weighted by atomic mass is 19.4. The van der Waals surface area contributed by atoms with Gasteiger partial charge in [-0.05, 0) is 43.7 Å². The van der Waals surface area contributed by atoms with E-state index >= 15 is 0 Å². The molecule has 1 N–H and O–H groups in total. The molecule has 1 aromatic carbocycles. The Morgan fingerprint density at radius 3 is 2.53 bits per heavy atom. The van der Waals surface area contributed by atoms with Gasteiger partial charge in [0.05, 0.1) is 0 Å². The molecule has 0 heterocycles. The number of alkyl halides is 3. The molecule has 1 aliphatic rings. The van der Waals surface area contributed by atoms with Crippen molar-refractivity contribution in [1.29, 1.82) is 0 Å². The summed E-state index contributed by atoms with van der Waals surface area (Å²) in [5.41, 5.74) is 1.02. The highest BCUT2D eigenvalue weighted by Gasteiger charge is 2.38. The summed E-state index contributed by atoms with van der Waals surface area (Å²) in [6.45, 7) is -0.645. The van der Waals surface area contributed by atoms with E-state index in [2.05, 4.69) is 5.32 Å². The second kappa shape index (κ2) is 5.36. The summed E-state index contributed by atoms with van der Waals surface area (Å²) in [6, 6.07) is 3.85. The molecular formula is C13H16F4N2. The predicted molar refractivity (Wildman–Crippen MR) is 65.6 cm³/mol. The van der Waals surface area contributed by atoms with E-state index in [1.165, 1.54) is 23.1 Å². The zero-order valence-electron chi connectivity index (χ0n) is 10.6. The Morgan fingerprint density at radius 2 is 2.00 bits per heavy atom. The first-order valence-electron chi connectivity index (χ1n) is 6.17. The standard InChI is InChI=1S/C13H16F4N2/c1-18-7-9-6-10(14)2-5-12(9)19(11-3-4-11)8-13(15,16)17/h2,5-6,11,18H,3-4,7-8H2,1H3. The summed E-state index contributed by atoms with van der Waals surface area (Å²) in [5, 5.41) is 2.85. The van der Waals surface area contributed by atoms with Gasteiger partial charge >= 0.3 is 6.18 Å². The van der Waals surface area contributed by atoms with Crippen molar-refractivity contribution in [1.82, 2.24) is 5.32 Å². The molecule has 106 valence electrons. The minimum Gasteiger partial charge on any atom is -0.359 e. The first-order chi connectivity index (χ1) is 8.90. The van der Waals surface area contributed by atoms with E-state index in [1.54, 1.807) is 7.05 Å². The first kappa shape index (κ1) is 14.1. The van der Waals surface area contributed by atoms with Crippen molar-refractivity contribution in [3.05, 3.63) is 29.6 Å². The number of anilines is 1. The van der Waals surface area contributed by atoms with Crippen LogP contribution in [-0.4, -0.2) is 25.8 Å². The monoisotopic (exact) mass is 276 g/mol. The molecule has 19 heavy (non-hydrogen) atoms. The van der Waals surface area contributed by atoms with Gasteiger partial charge in [-0.2, -0.15) is 13.2 Å². The van der Waals surface area contributed by atoms with Crippen molar-refractivity contribution in [2.24, 2.45) is 0 Å². The molecule has 2 rings (SSSR count). The molecule has 0 unspecified atom stereocenters. The summed E-state index contributed by atoms with van der Waals surface area (Å²) in [7, 11) is 1.68. The number of nitrogens with zero attached hydrogens (tertiary/aromatic N) is 1. The molecule has 1 fully saturated rings. The Balaban J connectivity index is 2.30. The van der Waals surface area contributed by atoms with Gasteiger partial charge in [0.2, 0.25) is 0 Å². The molecule has 0 amide bonds. The van der Waals surface area contributed by atoms with Gasteiger partial charge < -0.3 is 10.2 Å². The topological polar surface area (TPSA) is 15.3 Å². The molecule has 1 aromatic rings. The molecule has 1 aliphatic carbocycles. The fourth-order valence-corrected chi connectivity index (χ4v) is 2.16. The minimum absolute atomic E-state index is 0.0808. The summed E-state index contributed by atoms with van der Waals surface area (Å²) in [5.74, 6) is -0.434. The highest BCUT2D eigenvalue weighted by molar-refractivity contribution is 5.55. The maximum atomic E-state index is 13.2. The van der Waals surface area contributed by atoms with E-state index in [4.69, 9.17) is 0 Å². The Kier molecular flexibility index (Phi) is 3.99. The van der Waals surface area contributed by atoms with Crippen LogP contribution >= 0.6 is 0 Å². The van der Waals surface area contributed by atoms with Crippen LogP contribution in [0, 0.1) is 5.82 Å². The van der Waals surface area contributed by atoms with Crippen molar-refractivity contribution < 1.29 is 17.6 Å². The summed E-state index contributed by atoms with van der Waals surface area (Å²) < 4.78 is 51.2. The average Bonchev–Trinajstić information content (AvgIpc) is 3.09. The molecule has 0 radical (unpaired) electrons. The van der Waals surface area contributed by atoms with Crippen molar-refractivity contribution in [3.63, 3.8) is 0 Å². The van der Waals surface area contributed by atoms with Crippen LogP contribution in [0.2, 0.25) is 0 Å². The Labute approximate surface area is 109 Å². The molecule has 0 bridgehead atoms. The number of nitrogens with one attached hydrogen (secondary N) is 1. The fourth-order valence-electron chi connectivity index (χ4n) is 2.16. The smallest absolute Gasteiger partial charge is 0.359 e. The Bertz CT molecular complexity index is 441. The zero-order valence-corrected chi connectivity index (χ0v) is 10.6. The predicted octanol–water partition coefficient (Wildman–Crippen LogP) is 3.08. The third kappa shape index (κ3) is 3.83. The van der Waals surface area contributed by atoms with E-state index in [0.717, 1.165) is 12.8 Å². The van der Waals surface area contributed by atoms with E-state index < -0.39 is 18.5 Å². The normalized spacial score (nSPS) is 15.6. The number of hydrogen-bond donors (Lipinski definition) is 1. The molecule has 0 aliphatic heterocycles. The van der Waals surface area contributed by atoms with Gasteiger partial charge in [0, 0.05) is 18.3 Å². The van der Waals surface area contributed by atoms with Crippen LogP contribution in [0.1, 0.15) is 18.4 Å². The molecule has 0 atom stereocenters. The van der Waals surface area contributed by atoms with Gasteiger partial charge in [0.1, 0.15) is 12.4 Å². The molecule has 0 saturated heterocycles. The van der Waals surface area contributed by atoms with Gasteiger partial charge in [-0.3, -0.25) is 0 Å². The Hall–Kier alpha value is -1.30. The van der Waals surface area contributed by atoms with E-state index in [-0.39, 0.29) is 6.04 Å². The van der Waals surface area contributed by atoms with E-state index in [0.29, 0.717) is 17.8 Å². The highest BCUT2D eigenvalue weighted by Crippen LogP contribution is 2.36. The van der Waals surface area contributed by atoms with Crippen molar-refractivity contribution in [3.8, 4) is 0 Å². The van der Waals surface area contributed by atoms with Gasteiger partial charge in [-0.1, -0.05) is 0 Å². The summed E-state index contributed by atoms with van der Waals surface area (Å²) >= 11 is 0. The number of hydrogen-bond acceptors (Lipinski definition) is 2. The zero-order chi connectivity index (χ0) is 14.0. The van der Waals surface area contributed by atoms with E-state index in [1.807, 2.05) is 0 Å². The minimum atomic E-state index is -4.26. The number of benzene rings is 1. The van der Waals surface area contributed by atoms with Crippen LogP contribution in [0.3, 0.4) is 0 Å². The van der Waals surface area contributed by atoms with Crippen LogP contribution < -0.4 is 10.2 Å². The largest absolute Gasteiger partial charge is 0.405 e. The van der Waals surface area contributed by atoms with Gasteiger partial charge in [-0.15, -0.1) is 0 Å². The number of rotatable bonds is 5. The van der Waals surface area contributed by atoms with Crippen LogP contribution in [0.15, 0.2) is 18.2 Å². The Morgan fingerprint density at radius 1 is 1.32 bits per heavy atom. The quantitative estimate of drug-likeness (QED) is 0.831. The molecule has 1 saturated carbocycles. The average molecular weight is 276 g/mol. The third-order valence-electron chi connectivity index (χ3n) is 3.06. The van der Waals surface area contributed by atoms with Crippen molar-refractivity contribution in [2.75, 3.05) is 18.5 Å². The van der Waals surface area contributed by atoms with E-state index in [9.17, 15) is 17.6 Å². The second-order valence-electron chi connectivity index (χ2n) is 4.78. The van der Waals surface area contributed by atoms with Crippen molar-refractivity contribution in [2.45, 2.75) is 31.6 Å². The third-order valence-corrected chi connectivity index (χ3v) is 3.06. The van der Waals surface area contributed by atoms with Crippen LogP contribution in [0.5, 0.6) is 0 Å². The van der Waals surface area contributed by atoms with Gasteiger partial charge in [0.25, 0.3) is 0 Å². The van der Waals surface area contributed by atoms with Crippen LogP contribution in [-0.2, 0) is 6.54 Å². The lowest BCUT2D eigenvalue weighted by Crippen LogP contribution is -2.36. The molecule has 6 heteroatoms. The van der Waals surface area contributed by atoms with Crippen LogP contribution in [0.25, 0.3) is 0 Å². The molecule has 2 nitrogen and oxygen atoms in total. The van der Waals surface area contributed by atoms with Gasteiger partial charge in [0.15, 0.2) is 0 Å². The lowest BCUT2D eigenvalue weighted by Gasteiger charge is -2.28. The lowest BCUT2D eigenvalue weighted by atomic mass is 10.1. The second-order valence-corrected chi connectivity index (χ2v) is 4.78. The van der Waals surface area contributed by atoms with Crippen LogP contribution in [0.4, 0.5) is 23.2 Å². The van der Waals surface area contributed by atoms with Crippen molar-refractivity contribution >= 4 is 5.69 Å².